The number of aliphatic carboxylic acids is 1. The maximum Gasteiger partial charge on any atom is 0.326 e. The standard InChI is InChI=1S/C23H21ClFN5O3/c24-16-12-28-20(29-21(23(32)33)13-5-6-13)9-19(16)30-8-7-18(15(10-26)22(30)31)27-11-14-3-1-2-4-17(14)25/h1-4,7-10,12-13,21,26-27H,5-6,11H2,(H,28,29)(H,32,33)/p+1/t21-/m0/s1. The topological polar surface area (TPSA) is 125 Å². The van der Waals surface area contributed by atoms with Crippen molar-refractivity contribution < 1.29 is 19.6 Å². The van der Waals surface area contributed by atoms with Crippen LogP contribution in [0.2, 0.25) is 5.02 Å². The van der Waals surface area contributed by atoms with E-state index in [1.54, 1.807) is 29.6 Å². The van der Waals surface area contributed by atoms with E-state index in [9.17, 15) is 19.1 Å². The number of nitrogens with two attached hydrogens (primary N) is 1. The summed E-state index contributed by atoms with van der Waals surface area (Å²) in [7, 11) is 0. The molecule has 2 heterocycles. The molecule has 1 fully saturated rings. The lowest BCUT2D eigenvalue weighted by Crippen LogP contribution is -2.77. The van der Waals surface area contributed by atoms with Crippen LogP contribution in [0.3, 0.4) is 0 Å². The number of nitrogens with one attached hydrogen (secondary N) is 2. The summed E-state index contributed by atoms with van der Waals surface area (Å²) < 4.78 is 15.2. The second-order valence-corrected chi connectivity index (χ2v) is 8.23. The zero-order chi connectivity index (χ0) is 23.5. The number of carbonyl (C=O) groups is 1. The first-order valence-corrected chi connectivity index (χ1v) is 10.7. The molecule has 5 N–H and O–H groups in total. The second-order valence-electron chi connectivity index (χ2n) is 7.82. The lowest BCUT2D eigenvalue weighted by Gasteiger charge is -2.16. The number of quaternary nitrogens is 1. The molecule has 0 bridgehead atoms. The fraction of sp³-hybridized carbons (Fsp3) is 0.217. The van der Waals surface area contributed by atoms with E-state index in [0.29, 0.717) is 16.9 Å². The van der Waals surface area contributed by atoms with Gasteiger partial charge >= 0.3 is 5.97 Å². The van der Waals surface area contributed by atoms with Crippen molar-refractivity contribution in [3.8, 4) is 5.69 Å². The number of hydrogen-bond donors (Lipinski definition) is 4. The van der Waals surface area contributed by atoms with Crippen LogP contribution in [0, 0.1) is 17.1 Å². The Balaban J connectivity index is 1.64. The third kappa shape index (κ3) is 4.94. The molecular formula is C23H22ClFN5O3+. The van der Waals surface area contributed by atoms with Crippen LogP contribution in [-0.4, -0.2) is 32.9 Å². The molecule has 33 heavy (non-hydrogen) atoms. The van der Waals surface area contributed by atoms with Crippen LogP contribution in [0.1, 0.15) is 24.0 Å². The Hall–Kier alpha value is -3.56. The molecule has 0 spiro atoms. The number of hydrogen-bond acceptors (Lipinski definition) is 5. The first-order chi connectivity index (χ1) is 15.9. The predicted octanol–water partition coefficient (Wildman–Crippen LogP) is 2.69. The van der Waals surface area contributed by atoms with E-state index in [2.05, 4.69) is 10.3 Å². The maximum atomic E-state index is 13.9. The van der Waals surface area contributed by atoms with E-state index in [4.69, 9.17) is 17.0 Å². The Morgan fingerprint density at radius 1 is 1.39 bits per heavy atom. The largest absolute Gasteiger partial charge is 0.480 e. The van der Waals surface area contributed by atoms with Crippen molar-refractivity contribution >= 4 is 35.3 Å². The highest BCUT2D eigenvalue weighted by Crippen LogP contribution is 2.34. The normalized spacial score (nSPS) is 14.0. The van der Waals surface area contributed by atoms with E-state index in [1.807, 2.05) is 0 Å². The molecule has 0 unspecified atom stereocenters. The van der Waals surface area contributed by atoms with Crippen LogP contribution >= 0.6 is 11.6 Å². The summed E-state index contributed by atoms with van der Waals surface area (Å²) in [5.41, 5.74) is 0.927. The Kier molecular flexibility index (Phi) is 6.52. The van der Waals surface area contributed by atoms with Crippen molar-refractivity contribution in [1.29, 1.82) is 5.41 Å². The highest BCUT2D eigenvalue weighted by Gasteiger charge is 2.36. The zero-order valence-corrected chi connectivity index (χ0v) is 18.2. The van der Waals surface area contributed by atoms with Crippen LogP contribution in [0.4, 0.5) is 15.9 Å². The van der Waals surface area contributed by atoms with Gasteiger partial charge < -0.3 is 21.1 Å². The van der Waals surface area contributed by atoms with Gasteiger partial charge in [0.05, 0.1) is 16.9 Å². The van der Waals surface area contributed by atoms with E-state index < -0.39 is 17.6 Å². The van der Waals surface area contributed by atoms with Gasteiger partial charge in [-0.3, -0.25) is 9.36 Å². The molecule has 0 saturated heterocycles. The summed E-state index contributed by atoms with van der Waals surface area (Å²) in [6.07, 6.45) is 5.48. The van der Waals surface area contributed by atoms with Crippen molar-refractivity contribution in [2.75, 3.05) is 5.32 Å². The monoisotopic (exact) mass is 470 g/mol. The summed E-state index contributed by atoms with van der Waals surface area (Å²) in [5, 5.41) is 22.0. The summed E-state index contributed by atoms with van der Waals surface area (Å²) in [6.45, 7) is 0.263. The minimum Gasteiger partial charge on any atom is -0.480 e. The molecular weight excluding hydrogens is 449 g/mol. The van der Waals surface area contributed by atoms with Crippen molar-refractivity contribution in [3.05, 3.63) is 81.1 Å². The van der Waals surface area contributed by atoms with Gasteiger partial charge in [-0.15, -0.1) is 0 Å². The Morgan fingerprint density at radius 2 is 2.15 bits per heavy atom. The average molecular weight is 471 g/mol. The van der Waals surface area contributed by atoms with E-state index in [-0.39, 0.29) is 34.7 Å². The van der Waals surface area contributed by atoms with Gasteiger partial charge in [-0.25, -0.2) is 14.2 Å². The van der Waals surface area contributed by atoms with E-state index >= 15 is 0 Å². The molecule has 4 rings (SSSR count). The van der Waals surface area contributed by atoms with Gasteiger partial charge in [0.25, 0.3) is 5.56 Å². The van der Waals surface area contributed by atoms with Gasteiger partial charge in [0.1, 0.15) is 35.5 Å². The predicted molar refractivity (Wildman–Crippen MR) is 122 cm³/mol. The molecule has 8 nitrogen and oxygen atoms in total. The Labute approximate surface area is 193 Å². The van der Waals surface area contributed by atoms with E-state index in [0.717, 1.165) is 19.1 Å². The Morgan fingerprint density at radius 3 is 2.82 bits per heavy atom. The highest BCUT2D eigenvalue weighted by atomic mass is 35.5. The highest BCUT2D eigenvalue weighted by molar-refractivity contribution is 6.32. The number of anilines is 1. The summed E-state index contributed by atoms with van der Waals surface area (Å²) in [4.78, 5) is 28.8. The van der Waals surface area contributed by atoms with Crippen LogP contribution in [-0.2, 0) is 11.3 Å². The van der Waals surface area contributed by atoms with Crippen molar-refractivity contribution in [3.63, 3.8) is 0 Å². The third-order valence-corrected chi connectivity index (χ3v) is 5.86. The number of nitrogens with zero attached hydrogens (tertiary/aromatic N) is 2. The number of rotatable bonds is 9. The van der Waals surface area contributed by atoms with Crippen molar-refractivity contribution in [2.45, 2.75) is 25.4 Å². The molecule has 3 aromatic rings. The summed E-state index contributed by atoms with van der Waals surface area (Å²) in [5.74, 6) is -0.978. The molecule has 170 valence electrons. The number of halogens is 2. The zero-order valence-electron chi connectivity index (χ0n) is 17.5. The number of carboxylic acid groups (broad SMARTS) is 1. The molecule has 0 radical (unpaired) electrons. The third-order valence-electron chi connectivity index (χ3n) is 5.56. The molecule has 1 aliphatic carbocycles. The van der Waals surface area contributed by atoms with Crippen LogP contribution in [0.25, 0.3) is 5.69 Å². The minimum atomic E-state index is -0.964. The maximum absolute atomic E-state index is 13.9. The fourth-order valence-corrected chi connectivity index (χ4v) is 3.82. The molecule has 1 aliphatic rings. The van der Waals surface area contributed by atoms with Crippen LogP contribution < -0.4 is 16.2 Å². The van der Waals surface area contributed by atoms with Crippen molar-refractivity contribution in [2.24, 2.45) is 5.92 Å². The van der Waals surface area contributed by atoms with Crippen molar-refractivity contribution in [1.82, 2.24) is 9.55 Å². The molecule has 2 aromatic heterocycles. The molecule has 0 amide bonds. The van der Waals surface area contributed by atoms with Crippen LogP contribution in [0.15, 0.2) is 53.6 Å². The molecule has 0 aliphatic heterocycles. The fourth-order valence-electron chi connectivity index (χ4n) is 3.62. The molecule has 1 saturated carbocycles. The molecule has 10 heteroatoms. The SMILES string of the molecule is N=Cc1c([NH2+]Cc2ccccc2F)ccn(-c2cc(N[C@H](C(=O)O)C3CC3)ncc2Cl)c1=O. The Bertz CT molecular complexity index is 1280. The first-order valence-electron chi connectivity index (χ1n) is 10.4. The first kappa shape index (κ1) is 22.6. The van der Waals surface area contributed by atoms with Gasteiger partial charge in [-0.1, -0.05) is 29.8 Å². The molecule has 1 atom stereocenters. The summed E-state index contributed by atoms with van der Waals surface area (Å²) in [6, 6.07) is 8.76. The quantitative estimate of drug-likeness (QED) is 0.358. The number of benzene rings is 1. The second kappa shape index (κ2) is 9.51. The number of pyridine rings is 2. The lowest BCUT2D eigenvalue weighted by molar-refractivity contribution is -0.589. The van der Waals surface area contributed by atoms with Gasteiger partial charge in [0.15, 0.2) is 0 Å². The number of carboxylic acids is 1. The van der Waals surface area contributed by atoms with E-state index in [1.165, 1.54) is 29.1 Å². The van der Waals surface area contributed by atoms with Gasteiger partial charge in [-0.05, 0) is 24.8 Å². The molecule has 1 aromatic carbocycles. The number of aromatic nitrogens is 2. The van der Waals surface area contributed by atoms with Gasteiger partial charge in [-0.2, -0.15) is 0 Å². The average Bonchev–Trinajstić information content (AvgIpc) is 3.63. The van der Waals surface area contributed by atoms with Gasteiger partial charge in [0.2, 0.25) is 0 Å². The lowest BCUT2D eigenvalue weighted by atomic mass is 10.2. The smallest absolute Gasteiger partial charge is 0.326 e. The van der Waals surface area contributed by atoms with Gasteiger partial charge in [0, 0.05) is 30.1 Å². The summed E-state index contributed by atoms with van der Waals surface area (Å²) >= 11 is 6.30. The van der Waals surface area contributed by atoms with Crippen LogP contribution in [0.5, 0.6) is 0 Å². The minimum absolute atomic E-state index is 0.0416.